The number of benzene rings is 2. The van der Waals surface area contributed by atoms with Crippen LogP contribution in [0, 0.1) is 5.82 Å². The Morgan fingerprint density at radius 1 is 1.10 bits per heavy atom. The van der Waals surface area contributed by atoms with Gasteiger partial charge in [0.1, 0.15) is 11.9 Å². The minimum Gasteiger partial charge on any atom is -0.347 e. The number of hydrogen-bond donors (Lipinski definition) is 2. The van der Waals surface area contributed by atoms with Gasteiger partial charge in [-0.2, -0.15) is 4.31 Å². The predicted octanol–water partition coefficient (Wildman–Crippen LogP) is 1.80. The quantitative estimate of drug-likeness (QED) is 0.612. The van der Waals surface area contributed by atoms with E-state index in [2.05, 4.69) is 5.32 Å². The minimum atomic E-state index is -3.48. The molecule has 0 saturated carbocycles. The smallest absolute Gasteiger partial charge is 0.275 e. The molecule has 0 bridgehead atoms. The number of nitrogens with two attached hydrogens (primary N) is 1. The minimum absolute atomic E-state index is 0.0283. The Hall–Kier alpha value is -2.29. The number of rotatable bonds is 10. The molecule has 0 saturated heterocycles. The van der Waals surface area contributed by atoms with E-state index in [0.29, 0.717) is 18.7 Å². The summed E-state index contributed by atoms with van der Waals surface area (Å²) in [4.78, 5) is 12.3. The van der Waals surface area contributed by atoms with Crippen molar-refractivity contribution >= 4 is 15.9 Å². The highest BCUT2D eigenvalue weighted by molar-refractivity contribution is 7.89. The Labute approximate surface area is 172 Å². The van der Waals surface area contributed by atoms with Gasteiger partial charge in [-0.05, 0) is 25.1 Å². The number of nitrogens with one attached hydrogen (secondary N) is 1. The molecule has 158 valence electrons. The Morgan fingerprint density at radius 3 is 2.31 bits per heavy atom. The molecule has 0 aliphatic rings. The molecule has 8 heteroatoms. The van der Waals surface area contributed by atoms with E-state index in [1.165, 1.54) is 10.4 Å². The fraction of sp³-hybridized carbons (Fsp3) is 0.381. The van der Waals surface area contributed by atoms with Crippen LogP contribution in [0.2, 0.25) is 0 Å². The Bertz CT molecular complexity index is 913. The molecule has 0 aliphatic carbocycles. The van der Waals surface area contributed by atoms with Crippen LogP contribution in [0.5, 0.6) is 0 Å². The molecule has 3 N–H and O–H groups in total. The van der Waals surface area contributed by atoms with Crippen LogP contribution < -0.4 is 10.6 Å². The van der Waals surface area contributed by atoms with Crippen LogP contribution in [-0.2, 0) is 21.4 Å². The first-order valence-electron chi connectivity index (χ1n) is 9.73. The number of hydrogen-bond acceptors (Lipinski definition) is 3. The molecule has 6 nitrogen and oxygen atoms in total. The number of sulfonamides is 1. The molecular weight excluding hydrogens is 393 g/mol. The van der Waals surface area contributed by atoms with Crippen molar-refractivity contribution in [2.75, 3.05) is 19.6 Å². The number of halogens is 1. The van der Waals surface area contributed by atoms with E-state index in [0.717, 1.165) is 5.56 Å². The third-order valence-corrected chi connectivity index (χ3v) is 6.90. The lowest BCUT2D eigenvalue weighted by molar-refractivity contribution is -0.682. The first-order chi connectivity index (χ1) is 13.8. The molecule has 0 heterocycles. The van der Waals surface area contributed by atoms with E-state index in [9.17, 15) is 17.6 Å². The summed E-state index contributed by atoms with van der Waals surface area (Å²) in [6.45, 7) is 6.74. The van der Waals surface area contributed by atoms with Gasteiger partial charge in [-0.1, -0.05) is 44.2 Å². The van der Waals surface area contributed by atoms with Crippen molar-refractivity contribution in [3.05, 3.63) is 65.5 Å². The van der Waals surface area contributed by atoms with Gasteiger partial charge >= 0.3 is 0 Å². The lowest BCUT2D eigenvalue weighted by atomic mass is 10.1. The van der Waals surface area contributed by atoms with Gasteiger partial charge in [0.05, 0.1) is 4.90 Å². The highest BCUT2D eigenvalue weighted by Gasteiger charge is 2.22. The zero-order chi connectivity index (χ0) is 21.4. The SMILES string of the molecule is CCN(CC)S(=O)(=O)c1ccc([C@@H](C)[NH2+]CC(=O)NCc2ccccc2F)cc1. The maximum absolute atomic E-state index is 13.6. The van der Waals surface area contributed by atoms with Crippen LogP contribution >= 0.6 is 0 Å². The van der Waals surface area contributed by atoms with E-state index in [1.54, 1.807) is 42.5 Å². The summed E-state index contributed by atoms with van der Waals surface area (Å²) in [6, 6.07) is 13.0. The van der Waals surface area contributed by atoms with Crippen molar-refractivity contribution in [1.82, 2.24) is 9.62 Å². The molecule has 0 aromatic heterocycles. The largest absolute Gasteiger partial charge is 0.347 e. The number of quaternary nitrogens is 1. The summed E-state index contributed by atoms with van der Waals surface area (Å²) in [6.07, 6.45) is 0. The van der Waals surface area contributed by atoms with Gasteiger partial charge in [0.25, 0.3) is 5.91 Å². The third kappa shape index (κ3) is 6.09. The first kappa shape index (κ1) is 23.0. The first-order valence-corrected chi connectivity index (χ1v) is 11.2. The Balaban J connectivity index is 1.90. The van der Waals surface area contributed by atoms with Crippen LogP contribution in [-0.4, -0.2) is 38.3 Å². The van der Waals surface area contributed by atoms with Gasteiger partial charge < -0.3 is 10.6 Å². The molecule has 0 spiro atoms. The Morgan fingerprint density at radius 2 is 1.72 bits per heavy atom. The lowest BCUT2D eigenvalue weighted by Crippen LogP contribution is -2.87. The molecule has 0 radical (unpaired) electrons. The van der Waals surface area contributed by atoms with E-state index in [1.807, 2.05) is 26.1 Å². The van der Waals surface area contributed by atoms with Gasteiger partial charge in [-0.15, -0.1) is 0 Å². The van der Waals surface area contributed by atoms with E-state index in [4.69, 9.17) is 0 Å². The molecule has 0 unspecified atom stereocenters. The molecule has 1 amide bonds. The summed E-state index contributed by atoms with van der Waals surface area (Å²) < 4.78 is 40.1. The molecule has 2 aromatic rings. The zero-order valence-electron chi connectivity index (χ0n) is 17.1. The summed E-state index contributed by atoms with van der Waals surface area (Å²) in [5.41, 5.74) is 1.37. The van der Waals surface area contributed by atoms with Crippen LogP contribution in [0.15, 0.2) is 53.4 Å². The second-order valence-corrected chi connectivity index (χ2v) is 8.69. The summed E-state index contributed by atoms with van der Waals surface area (Å²) >= 11 is 0. The number of amides is 1. The van der Waals surface area contributed by atoms with Crippen LogP contribution in [0.25, 0.3) is 0 Å². The monoisotopic (exact) mass is 422 g/mol. The summed E-state index contributed by atoms with van der Waals surface area (Å²) in [7, 11) is -3.48. The zero-order valence-corrected chi connectivity index (χ0v) is 17.9. The maximum atomic E-state index is 13.6. The van der Waals surface area contributed by atoms with Gasteiger partial charge in [-0.25, -0.2) is 12.8 Å². The van der Waals surface area contributed by atoms with Crippen LogP contribution in [0.1, 0.15) is 37.9 Å². The number of nitrogens with zero attached hydrogens (tertiary/aromatic N) is 1. The normalized spacial score (nSPS) is 12.7. The van der Waals surface area contributed by atoms with Crippen molar-refractivity contribution in [2.45, 2.75) is 38.3 Å². The average molecular weight is 423 g/mol. The van der Waals surface area contributed by atoms with Crippen LogP contribution in [0.3, 0.4) is 0 Å². The highest BCUT2D eigenvalue weighted by atomic mass is 32.2. The predicted molar refractivity (Wildman–Crippen MR) is 110 cm³/mol. The van der Waals surface area contributed by atoms with E-state index >= 15 is 0 Å². The summed E-state index contributed by atoms with van der Waals surface area (Å²) in [5, 5.41) is 4.56. The topological polar surface area (TPSA) is 83.1 Å². The number of carbonyl (C=O) groups excluding carboxylic acids is 1. The second-order valence-electron chi connectivity index (χ2n) is 6.76. The maximum Gasteiger partial charge on any atom is 0.275 e. The fourth-order valence-electron chi connectivity index (χ4n) is 2.98. The molecule has 0 aliphatic heterocycles. The van der Waals surface area contributed by atoms with E-state index in [-0.39, 0.29) is 35.8 Å². The van der Waals surface area contributed by atoms with Gasteiger partial charge in [-0.3, -0.25) is 4.79 Å². The standard InChI is InChI=1S/C21H28FN3O3S/c1-4-25(5-2)29(27,28)19-12-10-17(11-13-19)16(3)23-15-21(26)24-14-18-8-6-7-9-20(18)22/h6-13,16,23H,4-5,14-15H2,1-3H3,(H,24,26)/p+1/t16-/m1/s1. The Kier molecular flexibility index (Phi) is 8.31. The highest BCUT2D eigenvalue weighted by Crippen LogP contribution is 2.18. The van der Waals surface area contributed by atoms with Crippen molar-refractivity contribution in [3.8, 4) is 0 Å². The van der Waals surface area contributed by atoms with Crippen molar-refractivity contribution < 1.29 is 22.9 Å². The van der Waals surface area contributed by atoms with Gasteiger partial charge in [0, 0.05) is 30.8 Å². The molecule has 0 fully saturated rings. The molecule has 1 atom stereocenters. The second kappa shape index (κ2) is 10.5. The van der Waals surface area contributed by atoms with Gasteiger partial charge in [0.15, 0.2) is 6.54 Å². The van der Waals surface area contributed by atoms with Gasteiger partial charge in [0.2, 0.25) is 10.0 Å². The van der Waals surface area contributed by atoms with Crippen molar-refractivity contribution in [3.63, 3.8) is 0 Å². The van der Waals surface area contributed by atoms with Crippen LogP contribution in [0.4, 0.5) is 4.39 Å². The molecule has 29 heavy (non-hydrogen) atoms. The molecular formula is C21H29FN3O3S+. The fourth-order valence-corrected chi connectivity index (χ4v) is 4.44. The molecule has 2 rings (SSSR count). The van der Waals surface area contributed by atoms with Crippen molar-refractivity contribution in [1.29, 1.82) is 0 Å². The van der Waals surface area contributed by atoms with Crippen molar-refractivity contribution in [2.24, 2.45) is 0 Å². The third-order valence-electron chi connectivity index (χ3n) is 4.84. The number of carbonyl (C=O) groups is 1. The lowest BCUT2D eigenvalue weighted by Gasteiger charge is -2.19. The van der Waals surface area contributed by atoms with E-state index < -0.39 is 10.0 Å². The molecule has 2 aromatic carbocycles. The summed E-state index contributed by atoms with van der Waals surface area (Å²) in [5.74, 6) is -0.536. The average Bonchev–Trinajstić information content (AvgIpc) is 2.72.